The van der Waals surface area contributed by atoms with Crippen molar-refractivity contribution in [2.75, 3.05) is 13.1 Å². The zero-order chi connectivity index (χ0) is 12.0. The molecule has 1 aromatic heterocycles. The number of carbonyl (C=O) groups is 1. The van der Waals surface area contributed by atoms with Gasteiger partial charge in [-0.15, -0.1) is 0 Å². The average Bonchev–Trinajstić information content (AvgIpc) is 2.27. The minimum atomic E-state index is -0.361. The number of carbonyl (C=O) groups excluding carboxylic acids is 1. The number of halogens is 1. The summed E-state index contributed by atoms with van der Waals surface area (Å²) in [6.07, 6.45) is 1.17. The summed E-state index contributed by atoms with van der Waals surface area (Å²) in [6, 6.07) is 2.88. The summed E-state index contributed by atoms with van der Waals surface area (Å²) >= 11 is 0. The quantitative estimate of drug-likeness (QED) is 0.786. The summed E-state index contributed by atoms with van der Waals surface area (Å²) < 4.78 is 12.6. The molecule has 1 rings (SSSR count). The number of nitrogens with zero attached hydrogens (tertiary/aromatic N) is 1. The van der Waals surface area contributed by atoms with E-state index in [-0.39, 0.29) is 24.3 Å². The van der Waals surface area contributed by atoms with Gasteiger partial charge in [0.2, 0.25) is 5.91 Å². The lowest BCUT2D eigenvalue weighted by Gasteiger charge is -2.12. The second-order valence-electron chi connectivity index (χ2n) is 3.46. The molecular formula is C11H16FN3O. The summed E-state index contributed by atoms with van der Waals surface area (Å²) in [6.45, 7) is 4.58. The zero-order valence-electron chi connectivity index (χ0n) is 9.46. The molecule has 0 saturated heterocycles. The smallest absolute Gasteiger partial charge is 0.233 e. The van der Waals surface area contributed by atoms with E-state index >= 15 is 0 Å². The standard InChI is InChI=1S/C11H16FN3O/c1-3-13-11(16)7-14-8(2)10-5-4-9(12)6-15-10/h4-6,8,14H,3,7H2,1-2H3,(H,13,16). The number of amides is 1. The van der Waals surface area contributed by atoms with E-state index in [1.165, 1.54) is 12.3 Å². The predicted molar refractivity (Wildman–Crippen MR) is 59.3 cm³/mol. The maximum absolute atomic E-state index is 12.6. The van der Waals surface area contributed by atoms with Crippen LogP contribution in [0.1, 0.15) is 25.6 Å². The molecule has 0 saturated carbocycles. The third-order valence-corrected chi connectivity index (χ3v) is 2.14. The highest BCUT2D eigenvalue weighted by molar-refractivity contribution is 5.77. The maximum atomic E-state index is 12.6. The molecule has 4 nitrogen and oxygen atoms in total. The van der Waals surface area contributed by atoms with Crippen LogP contribution in [0, 0.1) is 5.82 Å². The van der Waals surface area contributed by atoms with Crippen LogP contribution in [0.3, 0.4) is 0 Å². The summed E-state index contributed by atoms with van der Waals surface area (Å²) in [7, 11) is 0. The van der Waals surface area contributed by atoms with E-state index in [4.69, 9.17) is 0 Å². The van der Waals surface area contributed by atoms with Crippen molar-refractivity contribution in [1.82, 2.24) is 15.6 Å². The van der Waals surface area contributed by atoms with Crippen molar-refractivity contribution in [3.05, 3.63) is 29.8 Å². The van der Waals surface area contributed by atoms with Crippen LogP contribution in [0.4, 0.5) is 4.39 Å². The Morgan fingerprint density at radius 3 is 2.88 bits per heavy atom. The van der Waals surface area contributed by atoms with Crippen LogP contribution in [-0.2, 0) is 4.79 Å². The first-order chi connectivity index (χ1) is 7.63. The molecule has 2 N–H and O–H groups in total. The third-order valence-electron chi connectivity index (χ3n) is 2.14. The van der Waals surface area contributed by atoms with Gasteiger partial charge in [-0.2, -0.15) is 0 Å². The van der Waals surface area contributed by atoms with Gasteiger partial charge in [0.15, 0.2) is 0 Å². The molecule has 0 bridgehead atoms. The monoisotopic (exact) mass is 225 g/mol. The van der Waals surface area contributed by atoms with Crippen LogP contribution >= 0.6 is 0 Å². The number of aromatic nitrogens is 1. The molecule has 1 amide bonds. The Balaban J connectivity index is 2.43. The molecule has 88 valence electrons. The van der Waals surface area contributed by atoms with Gasteiger partial charge in [0.25, 0.3) is 0 Å². The molecule has 0 spiro atoms. The molecule has 1 aromatic rings. The molecule has 0 radical (unpaired) electrons. The molecular weight excluding hydrogens is 209 g/mol. The lowest BCUT2D eigenvalue weighted by Crippen LogP contribution is -2.35. The number of nitrogens with one attached hydrogen (secondary N) is 2. The summed E-state index contributed by atoms with van der Waals surface area (Å²) in [5.41, 5.74) is 0.714. The molecule has 0 fully saturated rings. The topological polar surface area (TPSA) is 54.0 Å². The Bertz CT molecular complexity index is 340. The SMILES string of the molecule is CCNC(=O)CNC(C)c1ccc(F)cn1. The predicted octanol–water partition coefficient (Wildman–Crippen LogP) is 1.01. The number of pyridine rings is 1. The van der Waals surface area contributed by atoms with Gasteiger partial charge in [-0.3, -0.25) is 9.78 Å². The number of hydrogen-bond acceptors (Lipinski definition) is 3. The normalized spacial score (nSPS) is 12.2. The minimum Gasteiger partial charge on any atom is -0.355 e. The van der Waals surface area contributed by atoms with Crippen LogP contribution in [-0.4, -0.2) is 24.0 Å². The van der Waals surface area contributed by atoms with Gasteiger partial charge in [-0.05, 0) is 26.0 Å². The Morgan fingerprint density at radius 2 is 2.31 bits per heavy atom. The molecule has 1 heterocycles. The van der Waals surface area contributed by atoms with Crippen molar-refractivity contribution in [1.29, 1.82) is 0 Å². The second kappa shape index (κ2) is 6.17. The molecule has 0 aliphatic carbocycles. The van der Waals surface area contributed by atoms with E-state index in [1.807, 2.05) is 13.8 Å². The minimum absolute atomic E-state index is 0.0588. The molecule has 0 aliphatic heterocycles. The van der Waals surface area contributed by atoms with Crippen molar-refractivity contribution in [2.45, 2.75) is 19.9 Å². The van der Waals surface area contributed by atoms with Crippen LogP contribution in [0.5, 0.6) is 0 Å². The first-order valence-electron chi connectivity index (χ1n) is 5.25. The Morgan fingerprint density at radius 1 is 1.56 bits per heavy atom. The fourth-order valence-corrected chi connectivity index (χ4v) is 1.25. The van der Waals surface area contributed by atoms with Crippen molar-refractivity contribution >= 4 is 5.91 Å². The van der Waals surface area contributed by atoms with Gasteiger partial charge < -0.3 is 10.6 Å². The van der Waals surface area contributed by atoms with E-state index in [1.54, 1.807) is 6.07 Å². The highest BCUT2D eigenvalue weighted by Gasteiger charge is 2.08. The lowest BCUT2D eigenvalue weighted by atomic mass is 10.2. The number of likely N-dealkylation sites (N-methyl/N-ethyl adjacent to an activating group) is 1. The molecule has 0 aliphatic rings. The lowest BCUT2D eigenvalue weighted by molar-refractivity contribution is -0.120. The average molecular weight is 225 g/mol. The largest absolute Gasteiger partial charge is 0.355 e. The van der Waals surface area contributed by atoms with Crippen molar-refractivity contribution < 1.29 is 9.18 Å². The van der Waals surface area contributed by atoms with E-state index < -0.39 is 0 Å². The third kappa shape index (κ3) is 3.94. The van der Waals surface area contributed by atoms with Crippen molar-refractivity contribution in [2.24, 2.45) is 0 Å². The fourth-order valence-electron chi connectivity index (χ4n) is 1.25. The number of rotatable bonds is 5. The van der Waals surface area contributed by atoms with Gasteiger partial charge >= 0.3 is 0 Å². The first kappa shape index (κ1) is 12.6. The Hall–Kier alpha value is -1.49. The van der Waals surface area contributed by atoms with Gasteiger partial charge in [0.1, 0.15) is 5.82 Å². The highest BCUT2D eigenvalue weighted by Crippen LogP contribution is 2.08. The first-order valence-corrected chi connectivity index (χ1v) is 5.25. The van der Waals surface area contributed by atoms with E-state index in [0.717, 1.165) is 0 Å². The van der Waals surface area contributed by atoms with Crippen LogP contribution in [0.25, 0.3) is 0 Å². The van der Waals surface area contributed by atoms with E-state index in [9.17, 15) is 9.18 Å². The van der Waals surface area contributed by atoms with Crippen molar-refractivity contribution in [3.8, 4) is 0 Å². The van der Waals surface area contributed by atoms with Crippen LogP contribution < -0.4 is 10.6 Å². The van der Waals surface area contributed by atoms with Crippen LogP contribution in [0.2, 0.25) is 0 Å². The van der Waals surface area contributed by atoms with Gasteiger partial charge in [-0.25, -0.2) is 4.39 Å². The molecule has 16 heavy (non-hydrogen) atoms. The zero-order valence-corrected chi connectivity index (χ0v) is 9.46. The van der Waals surface area contributed by atoms with Crippen molar-refractivity contribution in [3.63, 3.8) is 0 Å². The Kier molecular flexibility index (Phi) is 4.85. The Labute approximate surface area is 94.3 Å². The van der Waals surface area contributed by atoms with Gasteiger partial charge in [-0.1, -0.05) is 0 Å². The van der Waals surface area contributed by atoms with Crippen LogP contribution in [0.15, 0.2) is 18.3 Å². The summed E-state index contributed by atoms with van der Waals surface area (Å²) in [5.74, 6) is -0.420. The van der Waals surface area contributed by atoms with Gasteiger partial charge in [0.05, 0.1) is 18.4 Å². The fraction of sp³-hybridized carbons (Fsp3) is 0.455. The second-order valence-corrected chi connectivity index (χ2v) is 3.46. The maximum Gasteiger partial charge on any atom is 0.233 e. The summed E-state index contributed by atoms with van der Waals surface area (Å²) in [5, 5.41) is 5.69. The van der Waals surface area contributed by atoms with E-state index in [0.29, 0.717) is 12.2 Å². The summed E-state index contributed by atoms with van der Waals surface area (Å²) in [4.78, 5) is 15.1. The highest BCUT2D eigenvalue weighted by atomic mass is 19.1. The molecule has 5 heteroatoms. The molecule has 1 atom stereocenters. The van der Waals surface area contributed by atoms with Gasteiger partial charge in [0, 0.05) is 12.6 Å². The van der Waals surface area contributed by atoms with E-state index in [2.05, 4.69) is 15.6 Å². The number of hydrogen-bond donors (Lipinski definition) is 2. The molecule has 1 unspecified atom stereocenters. The molecule has 0 aromatic carbocycles.